The molecule has 0 bridgehead atoms. The van der Waals surface area contributed by atoms with E-state index >= 15 is 0 Å². The summed E-state index contributed by atoms with van der Waals surface area (Å²) in [7, 11) is 0. The minimum Gasteiger partial charge on any atom is -0.487 e. The van der Waals surface area contributed by atoms with Crippen molar-refractivity contribution < 1.29 is 4.74 Å². The molecule has 1 aliphatic heterocycles. The third-order valence-electron chi connectivity index (χ3n) is 4.49. The van der Waals surface area contributed by atoms with Crippen molar-refractivity contribution in [2.45, 2.75) is 51.7 Å². The minimum atomic E-state index is -0.0746. The lowest BCUT2D eigenvalue weighted by atomic mass is 9.89. The van der Waals surface area contributed by atoms with Gasteiger partial charge >= 0.3 is 0 Å². The van der Waals surface area contributed by atoms with Crippen LogP contribution in [0.4, 0.5) is 0 Å². The Bertz CT molecular complexity index is 450. The van der Waals surface area contributed by atoms with Gasteiger partial charge in [-0.15, -0.1) is 0 Å². The number of para-hydroxylation sites is 1. The first-order chi connectivity index (χ1) is 9.05. The van der Waals surface area contributed by atoms with E-state index in [0.717, 1.165) is 30.6 Å². The molecule has 19 heavy (non-hydrogen) atoms. The zero-order valence-electron chi connectivity index (χ0n) is 12.3. The predicted molar refractivity (Wildman–Crippen MR) is 78.4 cm³/mol. The molecule has 0 spiro atoms. The van der Waals surface area contributed by atoms with Crippen LogP contribution in [0.2, 0.25) is 0 Å². The Morgan fingerprint density at radius 3 is 2.79 bits per heavy atom. The van der Waals surface area contributed by atoms with E-state index < -0.39 is 0 Å². The van der Waals surface area contributed by atoms with Crippen LogP contribution in [0.25, 0.3) is 0 Å². The molecule has 1 aromatic carbocycles. The molecule has 2 aliphatic rings. The Hall–Kier alpha value is -1.02. The van der Waals surface area contributed by atoms with Gasteiger partial charge in [0.1, 0.15) is 11.4 Å². The molecule has 1 heterocycles. The topological polar surface area (TPSA) is 21.3 Å². The van der Waals surface area contributed by atoms with E-state index in [9.17, 15) is 0 Å². The molecular formula is C17H25NO. The van der Waals surface area contributed by atoms with Gasteiger partial charge in [-0.3, -0.25) is 0 Å². The van der Waals surface area contributed by atoms with E-state index in [-0.39, 0.29) is 5.60 Å². The summed E-state index contributed by atoms with van der Waals surface area (Å²) in [6, 6.07) is 8.89. The minimum absolute atomic E-state index is 0.0746. The van der Waals surface area contributed by atoms with Gasteiger partial charge in [-0.1, -0.05) is 25.1 Å². The lowest BCUT2D eigenvalue weighted by Gasteiger charge is -2.38. The smallest absolute Gasteiger partial charge is 0.124 e. The maximum Gasteiger partial charge on any atom is 0.124 e. The fourth-order valence-electron chi connectivity index (χ4n) is 3.14. The zero-order valence-corrected chi connectivity index (χ0v) is 12.3. The summed E-state index contributed by atoms with van der Waals surface area (Å²) >= 11 is 0. The van der Waals surface area contributed by atoms with Crippen molar-refractivity contribution in [3.05, 3.63) is 29.8 Å². The summed E-state index contributed by atoms with van der Waals surface area (Å²) in [6.07, 6.45) is 3.90. The third kappa shape index (κ3) is 2.94. The molecule has 3 rings (SSSR count). The molecule has 2 atom stereocenters. The highest BCUT2D eigenvalue weighted by Crippen LogP contribution is 2.40. The molecule has 1 aromatic rings. The summed E-state index contributed by atoms with van der Waals surface area (Å²) in [5, 5.41) is 3.77. The average Bonchev–Trinajstić information content (AvgIpc) is 3.18. The SMILES string of the molecule is CC(CNC1CC(C)(C)Oc2ccccc21)C1CC1. The second-order valence-electron chi connectivity index (χ2n) is 6.88. The third-order valence-corrected chi connectivity index (χ3v) is 4.49. The zero-order chi connectivity index (χ0) is 13.5. The van der Waals surface area contributed by atoms with Gasteiger partial charge in [-0.25, -0.2) is 0 Å². The summed E-state index contributed by atoms with van der Waals surface area (Å²) < 4.78 is 6.08. The Balaban J connectivity index is 1.72. The fourth-order valence-corrected chi connectivity index (χ4v) is 3.14. The Morgan fingerprint density at radius 1 is 1.32 bits per heavy atom. The normalized spacial score (nSPS) is 26.4. The molecule has 0 saturated heterocycles. The van der Waals surface area contributed by atoms with Gasteiger partial charge in [-0.2, -0.15) is 0 Å². The van der Waals surface area contributed by atoms with Crippen molar-refractivity contribution in [3.63, 3.8) is 0 Å². The monoisotopic (exact) mass is 259 g/mol. The van der Waals surface area contributed by atoms with Gasteiger partial charge in [0, 0.05) is 18.0 Å². The molecule has 1 fully saturated rings. The van der Waals surface area contributed by atoms with Crippen LogP contribution in [0.1, 0.15) is 51.6 Å². The largest absolute Gasteiger partial charge is 0.487 e. The van der Waals surface area contributed by atoms with E-state index in [1.54, 1.807) is 0 Å². The fraction of sp³-hybridized carbons (Fsp3) is 0.647. The van der Waals surface area contributed by atoms with Crippen LogP contribution in [-0.4, -0.2) is 12.1 Å². The molecule has 1 saturated carbocycles. The summed E-state index contributed by atoms with van der Waals surface area (Å²) in [6.45, 7) is 7.87. The molecule has 104 valence electrons. The van der Waals surface area contributed by atoms with Crippen molar-refractivity contribution in [3.8, 4) is 5.75 Å². The van der Waals surface area contributed by atoms with E-state index in [0.29, 0.717) is 6.04 Å². The van der Waals surface area contributed by atoms with Crippen LogP contribution in [0.15, 0.2) is 24.3 Å². The molecule has 2 unspecified atom stereocenters. The highest BCUT2D eigenvalue weighted by Gasteiger charge is 2.34. The molecule has 1 N–H and O–H groups in total. The van der Waals surface area contributed by atoms with E-state index in [1.165, 1.54) is 18.4 Å². The van der Waals surface area contributed by atoms with Crippen molar-refractivity contribution >= 4 is 0 Å². The first-order valence-corrected chi connectivity index (χ1v) is 7.56. The standard InChI is InChI=1S/C17H25NO/c1-12(13-8-9-13)11-18-15-10-17(2,3)19-16-7-5-4-6-14(15)16/h4-7,12-13,15,18H,8-11H2,1-3H3. The van der Waals surface area contributed by atoms with Crippen LogP contribution in [-0.2, 0) is 0 Å². The molecule has 2 nitrogen and oxygen atoms in total. The van der Waals surface area contributed by atoms with E-state index in [1.807, 2.05) is 0 Å². The number of benzene rings is 1. The maximum absolute atomic E-state index is 6.08. The number of hydrogen-bond acceptors (Lipinski definition) is 2. The lowest BCUT2D eigenvalue weighted by Crippen LogP contribution is -2.40. The van der Waals surface area contributed by atoms with Crippen LogP contribution in [0, 0.1) is 11.8 Å². The van der Waals surface area contributed by atoms with Crippen LogP contribution in [0.5, 0.6) is 5.75 Å². The molecule has 1 aliphatic carbocycles. The summed E-state index contributed by atoms with van der Waals surface area (Å²) in [5.74, 6) is 2.82. The maximum atomic E-state index is 6.08. The summed E-state index contributed by atoms with van der Waals surface area (Å²) in [5.41, 5.74) is 1.25. The molecule has 2 heteroatoms. The second-order valence-corrected chi connectivity index (χ2v) is 6.88. The average molecular weight is 259 g/mol. The van der Waals surface area contributed by atoms with Crippen molar-refractivity contribution in [2.75, 3.05) is 6.54 Å². The van der Waals surface area contributed by atoms with Gasteiger partial charge in [0.15, 0.2) is 0 Å². The Labute approximate surface area is 116 Å². The van der Waals surface area contributed by atoms with Crippen molar-refractivity contribution in [2.24, 2.45) is 11.8 Å². The van der Waals surface area contributed by atoms with Crippen LogP contribution in [0.3, 0.4) is 0 Å². The Kier molecular flexibility index (Phi) is 3.30. The predicted octanol–water partition coefficient (Wildman–Crippen LogP) is 3.92. The lowest BCUT2D eigenvalue weighted by molar-refractivity contribution is 0.0652. The first-order valence-electron chi connectivity index (χ1n) is 7.56. The number of rotatable bonds is 4. The van der Waals surface area contributed by atoms with Gasteiger partial charge in [0.25, 0.3) is 0 Å². The van der Waals surface area contributed by atoms with E-state index in [2.05, 4.69) is 50.4 Å². The van der Waals surface area contributed by atoms with Gasteiger partial charge < -0.3 is 10.1 Å². The first kappa shape index (κ1) is 13.0. The highest BCUT2D eigenvalue weighted by molar-refractivity contribution is 5.38. The van der Waals surface area contributed by atoms with Crippen molar-refractivity contribution in [1.82, 2.24) is 5.32 Å². The van der Waals surface area contributed by atoms with Gasteiger partial charge in [0.05, 0.1) is 0 Å². The van der Waals surface area contributed by atoms with Crippen LogP contribution < -0.4 is 10.1 Å². The Morgan fingerprint density at radius 2 is 2.05 bits per heavy atom. The second kappa shape index (κ2) is 4.82. The number of ether oxygens (including phenoxy) is 1. The number of fused-ring (bicyclic) bond motifs is 1. The molecule has 0 amide bonds. The molecular weight excluding hydrogens is 234 g/mol. The summed E-state index contributed by atoms with van der Waals surface area (Å²) in [4.78, 5) is 0. The molecule has 0 aromatic heterocycles. The molecule has 0 radical (unpaired) electrons. The van der Waals surface area contributed by atoms with Crippen LogP contribution >= 0.6 is 0 Å². The quantitative estimate of drug-likeness (QED) is 0.884. The van der Waals surface area contributed by atoms with Gasteiger partial charge in [0.2, 0.25) is 0 Å². The van der Waals surface area contributed by atoms with E-state index in [4.69, 9.17) is 4.74 Å². The number of hydrogen-bond donors (Lipinski definition) is 1. The highest BCUT2D eigenvalue weighted by atomic mass is 16.5. The van der Waals surface area contributed by atoms with Gasteiger partial charge in [-0.05, 0) is 51.1 Å². The number of nitrogens with one attached hydrogen (secondary N) is 1. The van der Waals surface area contributed by atoms with Crippen molar-refractivity contribution in [1.29, 1.82) is 0 Å².